The van der Waals surface area contributed by atoms with Crippen molar-refractivity contribution in [3.05, 3.63) is 0 Å². The van der Waals surface area contributed by atoms with Gasteiger partial charge in [-0.05, 0) is 39.7 Å². The fourth-order valence-corrected chi connectivity index (χ4v) is 2.24. The minimum atomic E-state index is -0.282. The maximum Gasteiger partial charge on any atom is 0.0791 e. The first kappa shape index (κ1) is 14.9. The number of likely N-dealkylation sites (tertiary alicyclic amines) is 1. The Morgan fingerprint density at radius 2 is 2.18 bits per heavy atom. The summed E-state index contributed by atoms with van der Waals surface area (Å²) < 4.78 is 5.17. The van der Waals surface area contributed by atoms with Gasteiger partial charge in [-0.1, -0.05) is 0 Å². The van der Waals surface area contributed by atoms with Crippen LogP contribution < -0.4 is 5.32 Å². The Balaban J connectivity index is 2.17. The summed E-state index contributed by atoms with van der Waals surface area (Å²) in [6, 6.07) is 0. The predicted octanol–water partition coefficient (Wildman–Crippen LogP) is 0.704. The zero-order valence-electron chi connectivity index (χ0n) is 11.7. The SMILES string of the molecule is COCC1CCN(CC(O)CNC(C)(C)C)C1. The lowest BCUT2D eigenvalue weighted by Gasteiger charge is -2.25. The third-order valence-corrected chi connectivity index (χ3v) is 3.11. The van der Waals surface area contributed by atoms with E-state index in [2.05, 4.69) is 31.0 Å². The van der Waals surface area contributed by atoms with E-state index < -0.39 is 0 Å². The van der Waals surface area contributed by atoms with Crippen LogP contribution in [0.1, 0.15) is 27.2 Å². The average Bonchev–Trinajstić information content (AvgIpc) is 2.62. The number of nitrogens with one attached hydrogen (secondary N) is 1. The second-order valence-electron chi connectivity index (χ2n) is 6.15. The second-order valence-corrected chi connectivity index (χ2v) is 6.15. The zero-order chi connectivity index (χ0) is 12.9. The number of methoxy groups -OCH3 is 1. The molecule has 0 aromatic rings. The van der Waals surface area contributed by atoms with E-state index >= 15 is 0 Å². The highest BCUT2D eigenvalue weighted by molar-refractivity contribution is 4.79. The molecule has 0 aromatic heterocycles. The van der Waals surface area contributed by atoms with Crippen LogP contribution in [-0.4, -0.2) is 61.5 Å². The van der Waals surface area contributed by atoms with Gasteiger partial charge in [-0.15, -0.1) is 0 Å². The number of aliphatic hydroxyl groups excluding tert-OH is 1. The standard InChI is InChI=1S/C13H28N2O2/c1-13(2,3)14-7-12(16)9-15-6-5-11(8-15)10-17-4/h11-12,14,16H,5-10H2,1-4H3. The van der Waals surface area contributed by atoms with Gasteiger partial charge < -0.3 is 20.1 Å². The van der Waals surface area contributed by atoms with Gasteiger partial charge in [0.25, 0.3) is 0 Å². The molecule has 0 aliphatic carbocycles. The van der Waals surface area contributed by atoms with Crippen molar-refractivity contribution in [2.24, 2.45) is 5.92 Å². The molecule has 102 valence electrons. The van der Waals surface area contributed by atoms with Crippen LogP contribution in [0.5, 0.6) is 0 Å². The summed E-state index contributed by atoms with van der Waals surface area (Å²) >= 11 is 0. The maximum absolute atomic E-state index is 9.95. The molecule has 1 rings (SSSR count). The third kappa shape index (κ3) is 6.36. The van der Waals surface area contributed by atoms with Crippen molar-refractivity contribution >= 4 is 0 Å². The summed E-state index contributed by atoms with van der Waals surface area (Å²) in [5, 5.41) is 13.3. The van der Waals surface area contributed by atoms with Crippen molar-refractivity contribution in [2.45, 2.75) is 38.8 Å². The molecule has 2 N–H and O–H groups in total. The Morgan fingerprint density at radius 1 is 1.47 bits per heavy atom. The van der Waals surface area contributed by atoms with E-state index in [4.69, 9.17) is 4.74 Å². The fourth-order valence-electron chi connectivity index (χ4n) is 2.24. The van der Waals surface area contributed by atoms with Gasteiger partial charge in [-0.25, -0.2) is 0 Å². The minimum Gasteiger partial charge on any atom is -0.390 e. The Morgan fingerprint density at radius 3 is 2.76 bits per heavy atom. The van der Waals surface area contributed by atoms with E-state index in [1.165, 1.54) is 6.42 Å². The van der Waals surface area contributed by atoms with E-state index in [0.29, 0.717) is 12.5 Å². The number of hydrogen-bond acceptors (Lipinski definition) is 4. The van der Waals surface area contributed by atoms with Crippen LogP contribution in [0.15, 0.2) is 0 Å². The van der Waals surface area contributed by atoms with E-state index in [0.717, 1.165) is 26.2 Å². The molecule has 1 heterocycles. The van der Waals surface area contributed by atoms with Crippen molar-refractivity contribution in [1.29, 1.82) is 0 Å². The van der Waals surface area contributed by atoms with Gasteiger partial charge in [0.15, 0.2) is 0 Å². The number of aliphatic hydroxyl groups is 1. The maximum atomic E-state index is 9.95. The molecule has 1 fully saturated rings. The zero-order valence-corrected chi connectivity index (χ0v) is 11.7. The molecule has 4 heteroatoms. The van der Waals surface area contributed by atoms with Gasteiger partial charge in [-0.3, -0.25) is 0 Å². The van der Waals surface area contributed by atoms with Crippen LogP contribution in [0.3, 0.4) is 0 Å². The van der Waals surface area contributed by atoms with Crippen LogP contribution in [0.25, 0.3) is 0 Å². The van der Waals surface area contributed by atoms with Gasteiger partial charge in [-0.2, -0.15) is 0 Å². The molecular formula is C13H28N2O2. The largest absolute Gasteiger partial charge is 0.390 e. The number of ether oxygens (including phenoxy) is 1. The molecule has 0 bridgehead atoms. The monoisotopic (exact) mass is 244 g/mol. The topological polar surface area (TPSA) is 44.7 Å². The van der Waals surface area contributed by atoms with Crippen LogP contribution in [-0.2, 0) is 4.74 Å². The van der Waals surface area contributed by atoms with Gasteiger partial charge in [0.1, 0.15) is 0 Å². The molecule has 1 saturated heterocycles. The smallest absolute Gasteiger partial charge is 0.0791 e. The Labute approximate surface area is 105 Å². The van der Waals surface area contributed by atoms with Gasteiger partial charge in [0.05, 0.1) is 12.7 Å². The quantitative estimate of drug-likeness (QED) is 0.722. The molecule has 0 amide bonds. The number of hydrogen-bond donors (Lipinski definition) is 2. The molecule has 0 aromatic carbocycles. The van der Waals surface area contributed by atoms with Gasteiger partial charge >= 0.3 is 0 Å². The fraction of sp³-hybridized carbons (Fsp3) is 1.00. The predicted molar refractivity (Wildman–Crippen MR) is 70.2 cm³/mol. The normalized spacial score (nSPS) is 24.2. The van der Waals surface area contributed by atoms with E-state index in [-0.39, 0.29) is 11.6 Å². The second kappa shape index (κ2) is 6.69. The lowest BCUT2D eigenvalue weighted by atomic mass is 10.1. The summed E-state index contributed by atoms with van der Waals surface area (Å²) in [5.41, 5.74) is 0.0740. The lowest BCUT2D eigenvalue weighted by Crippen LogP contribution is -2.44. The Hall–Kier alpha value is -0.160. The highest BCUT2D eigenvalue weighted by Gasteiger charge is 2.24. The molecule has 2 unspecified atom stereocenters. The molecule has 0 radical (unpaired) electrons. The Bertz CT molecular complexity index is 216. The Kier molecular flexibility index (Phi) is 5.86. The summed E-state index contributed by atoms with van der Waals surface area (Å²) in [7, 11) is 1.75. The first-order valence-corrected chi connectivity index (χ1v) is 6.55. The van der Waals surface area contributed by atoms with Gasteiger partial charge in [0.2, 0.25) is 0 Å². The molecule has 17 heavy (non-hydrogen) atoms. The third-order valence-electron chi connectivity index (χ3n) is 3.11. The van der Waals surface area contributed by atoms with Crippen molar-refractivity contribution in [1.82, 2.24) is 10.2 Å². The summed E-state index contributed by atoms with van der Waals surface area (Å²) in [6.45, 7) is 10.8. The van der Waals surface area contributed by atoms with Crippen molar-refractivity contribution < 1.29 is 9.84 Å². The first-order valence-electron chi connectivity index (χ1n) is 6.55. The van der Waals surface area contributed by atoms with E-state index in [9.17, 15) is 5.11 Å². The molecule has 1 aliphatic rings. The minimum absolute atomic E-state index is 0.0740. The van der Waals surface area contributed by atoms with Crippen LogP contribution >= 0.6 is 0 Å². The van der Waals surface area contributed by atoms with Gasteiger partial charge in [0, 0.05) is 32.3 Å². The summed E-state index contributed by atoms with van der Waals surface area (Å²) in [6.07, 6.45) is 0.906. The van der Waals surface area contributed by atoms with Crippen molar-refractivity contribution in [3.63, 3.8) is 0 Å². The highest BCUT2D eigenvalue weighted by atomic mass is 16.5. The van der Waals surface area contributed by atoms with E-state index in [1.807, 2.05) is 0 Å². The van der Waals surface area contributed by atoms with Crippen molar-refractivity contribution in [3.8, 4) is 0 Å². The first-order chi connectivity index (χ1) is 7.90. The number of rotatable bonds is 6. The molecular weight excluding hydrogens is 216 g/mol. The van der Waals surface area contributed by atoms with Crippen LogP contribution in [0.4, 0.5) is 0 Å². The molecule has 0 spiro atoms. The number of β-amino-alcohol motifs (C(OH)–C–C–N with tert-alkyl or cyclic N) is 1. The number of nitrogens with zero attached hydrogens (tertiary/aromatic N) is 1. The summed E-state index contributed by atoms with van der Waals surface area (Å²) in [4.78, 5) is 2.33. The van der Waals surface area contributed by atoms with Crippen LogP contribution in [0.2, 0.25) is 0 Å². The lowest BCUT2D eigenvalue weighted by molar-refractivity contribution is 0.108. The molecule has 0 saturated carbocycles. The van der Waals surface area contributed by atoms with Crippen molar-refractivity contribution in [2.75, 3.05) is 39.9 Å². The highest BCUT2D eigenvalue weighted by Crippen LogP contribution is 2.16. The molecule has 1 aliphatic heterocycles. The molecule has 2 atom stereocenters. The average molecular weight is 244 g/mol. The van der Waals surface area contributed by atoms with E-state index in [1.54, 1.807) is 7.11 Å². The van der Waals surface area contributed by atoms with Crippen LogP contribution in [0, 0.1) is 5.92 Å². The molecule has 4 nitrogen and oxygen atoms in total. The summed E-state index contributed by atoms with van der Waals surface area (Å²) in [5.74, 6) is 0.641.